The van der Waals surface area contributed by atoms with E-state index >= 15 is 0 Å². The Labute approximate surface area is 109 Å². The van der Waals surface area contributed by atoms with Crippen molar-refractivity contribution in [1.82, 2.24) is 4.98 Å². The standard InChI is InChI=1S/C14H11ClN2O/c15-11-6-2-1-5-10(11)9-16-14-17-12-7-3-4-8-13(12)18-14/h1-8H,9H2,(H,16,17). The van der Waals surface area contributed by atoms with Gasteiger partial charge in [-0.3, -0.25) is 0 Å². The molecule has 4 heteroatoms. The molecule has 3 rings (SSSR count). The van der Waals surface area contributed by atoms with Crippen molar-refractivity contribution in [2.45, 2.75) is 6.54 Å². The molecule has 2 aromatic carbocycles. The zero-order chi connectivity index (χ0) is 12.4. The highest BCUT2D eigenvalue weighted by Crippen LogP contribution is 2.20. The van der Waals surface area contributed by atoms with E-state index in [-0.39, 0.29) is 0 Å². The fourth-order valence-corrected chi connectivity index (χ4v) is 1.96. The number of rotatable bonds is 3. The number of anilines is 1. The zero-order valence-corrected chi connectivity index (χ0v) is 10.3. The van der Waals surface area contributed by atoms with Gasteiger partial charge in [0.1, 0.15) is 5.52 Å². The van der Waals surface area contributed by atoms with Gasteiger partial charge >= 0.3 is 0 Å². The first-order chi connectivity index (χ1) is 8.83. The number of oxazole rings is 1. The average molecular weight is 259 g/mol. The van der Waals surface area contributed by atoms with E-state index in [0.29, 0.717) is 12.6 Å². The molecule has 3 nitrogen and oxygen atoms in total. The van der Waals surface area contributed by atoms with Crippen molar-refractivity contribution in [3.63, 3.8) is 0 Å². The second kappa shape index (κ2) is 4.70. The lowest BCUT2D eigenvalue weighted by Crippen LogP contribution is -1.99. The van der Waals surface area contributed by atoms with Crippen molar-refractivity contribution in [3.05, 3.63) is 59.1 Å². The second-order valence-corrected chi connectivity index (χ2v) is 4.34. The fraction of sp³-hybridized carbons (Fsp3) is 0.0714. The SMILES string of the molecule is Clc1ccccc1CNc1nc2ccccc2o1. The number of nitrogens with one attached hydrogen (secondary N) is 1. The molecule has 1 heterocycles. The summed E-state index contributed by atoms with van der Waals surface area (Å²) in [6.45, 7) is 0.590. The van der Waals surface area contributed by atoms with Crippen molar-refractivity contribution in [3.8, 4) is 0 Å². The number of fused-ring (bicyclic) bond motifs is 1. The Morgan fingerprint density at radius 3 is 2.67 bits per heavy atom. The third-order valence-corrected chi connectivity index (χ3v) is 3.05. The predicted octanol–water partition coefficient (Wildman–Crippen LogP) is 4.09. The molecule has 0 fully saturated rings. The molecule has 0 aliphatic carbocycles. The Morgan fingerprint density at radius 2 is 1.83 bits per heavy atom. The van der Waals surface area contributed by atoms with E-state index in [0.717, 1.165) is 21.7 Å². The number of benzene rings is 2. The minimum Gasteiger partial charge on any atom is -0.424 e. The fourth-order valence-electron chi connectivity index (χ4n) is 1.76. The summed E-state index contributed by atoms with van der Waals surface area (Å²) in [4.78, 5) is 4.34. The van der Waals surface area contributed by atoms with Gasteiger partial charge in [-0.1, -0.05) is 41.9 Å². The van der Waals surface area contributed by atoms with Gasteiger partial charge in [0.15, 0.2) is 5.58 Å². The van der Waals surface area contributed by atoms with E-state index in [1.54, 1.807) is 0 Å². The Kier molecular flexibility index (Phi) is 2.90. The normalized spacial score (nSPS) is 10.7. The van der Waals surface area contributed by atoms with Crippen molar-refractivity contribution >= 4 is 28.7 Å². The highest BCUT2D eigenvalue weighted by atomic mass is 35.5. The summed E-state index contributed by atoms with van der Waals surface area (Å²) in [5.74, 6) is 0. The van der Waals surface area contributed by atoms with Crippen LogP contribution < -0.4 is 5.32 Å². The number of para-hydroxylation sites is 2. The number of hydrogen-bond acceptors (Lipinski definition) is 3. The van der Waals surface area contributed by atoms with Gasteiger partial charge in [0.25, 0.3) is 6.01 Å². The van der Waals surface area contributed by atoms with Crippen molar-refractivity contribution in [2.75, 3.05) is 5.32 Å². The minimum atomic E-state index is 0.510. The lowest BCUT2D eigenvalue weighted by Gasteiger charge is -2.03. The van der Waals surface area contributed by atoms with Gasteiger partial charge in [-0.05, 0) is 23.8 Å². The minimum absolute atomic E-state index is 0.510. The van der Waals surface area contributed by atoms with E-state index in [4.69, 9.17) is 16.0 Å². The molecule has 1 N–H and O–H groups in total. The quantitative estimate of drug-likeness (QED) is 0.769. The van der Waals surface area contributed by atoms with Crippen LogP contribution in [-0.2, 0) is 6.54 Å². The largest absolute Gasteiger partial charge is 0.424 e. The molecule has 0 spiro atoms. The van der Waals surface area contributed by atoms with Gasteiger partial charge in [0, 0.05) is 11.6 Å². The average Bonchev–Trinajstić information content (AvgIpc) is 2.80. The topological polar surface area (TPSA) is 38.1 Å². The molecule has 3 aromatic rings. The van der Waals surface area contributed by atoms with Crippen LogP contribution in [0, 0.1) is 0 Å². The summed E-state index contributed by atoms with van der Waals surface area (Å²) < 4.78 is 5.56. The van der Waals surface area contributed by atoms with E-state index in [1.807, 2.05) is 48.5 Å². The van der Waals surface area contributed by atoms with Gasteiger partial charge in [-0.2, -0.15) is 4.98 Å². The molecule has 1 aromatic heterocycles. The van der Waals surface area contributed by atoms with Crippen molar-refractivity contribution in [1.29, 1.82) is 0 Å². The van der Waals surface area contributed by atoms with Gasteiger partial charge in [-0.15, -0.1) is 0 Å². The molecule has 0 aliphatic heterocycles. The van der Waals surface area contributed by atoms with Crippen molar-refractivity contribution < 1.29 is 4.42 Å². The maximum absolute atomic E-state index is 6.08. The summed E-state index contributed by atoms with van der Waals surface area (Å²) in [6, 6.07) is 15.9. The summed E-state index contributed by atoms with van der Waals surface area (Å²) in [5, 5.41) is 3.87. The summed E-state index contributed by atoms with van der Waals surface area (Å²) in [7, 11) is 0. The predicted molar refractivity (Wildman–Crippen MR) is 72.8 cm³/mol. The molecular formula is C14H11ClN2O. The monoisotopic (exact) mass is 258 g/mol. The van der Waals surface area contributed by atoms with Gasteiger partial charge in [0.05, 0.1) is 0 Å². The first kappa shape index (κ1) is 11.1. The first-order valence-corrected chi connectivity index (χ1v) is 6.03. The van der Waals surface area contributed by atoms with Crippen LogP contribution in [0.1, 0.15) is 5.56 Å². The highest BCUT2D eigenvalue weighted by molar-refractivity contribution is 6.31. The Hall–Kier alpha value is -2.00. The Morgan fingerprint density at radius 1 is 1.06 bits per heavy atom. The van der Waals surface area contributed by atoms with E-state index in [1.165, 1.54) is 0 Å². The molecule has 0 radical (unpaired) electrons. The molecule has 0 atom stereocenters. The molecule has 18 heavy (non-hydrogen) atoms. The van der Waals surface area contributed by atoms with Gasteiger partial charge in [0.2, 0.25) is 0 Å². The highest BCUT2D eigenvalue weighted by Gasteiger charge is 2.05. The Bertz CT molecular complexity index is 645. The third-order valence-electron chi connectivity index (χ3n) is 2.68. The van der Waals surface area contributed by atoms with E-state index < -0.39 is 0 Å². The van der Waals surface area contributed by atoms with Crippen LogP contribution in [-0.4, -0.2) is 4.98 Å². The molecular weight excluding hydrogens is 248 g/mol. The molecule has 0 bridgehead atoms. The maximum Gasteiger partial charge on any atom is 0.295 e. The van der Waals surface area contributed by atoms with Crippen LogP contribution in [0.5, 0.6) is 0 Å². The third kappa shape index (κ3) is 2.17. The molecule has 0 saturated heterocycles. The maximum atomic E-state index is 6.08. The number of aromatic nitrogens is 1. The first-order valence-electron chi connectivity index (χ1n) is 5.66. The summed E-state index contributed by atoms with van der Waals surface area (Å²) >= 11 is 6.08. The van der Waals surface area contributed by atoms with Crippen LogP contribution in [0.15, 0.2) is 52.9 Å². The smallest absolute Gasteiger partial charge is 0.295 e. The van der Waals surface area contributed by atoms with Crippen molar-refractivity contribution in [2.24, 2.45) is 0 Å². The van der Waals surface area contributed by atoms with Crippen LogP contribution in [0.2, 0.25) is 5.02 Å². The number of halogens is 1. The molecule has 0 amide bonds. The summed E-state index contributed by atoms with van der Waals surface area (Å²) in [5.41, 5.74) is 2.64. The van der Waals surface area contributed by atoms with E-state index in [2.05, 4.69) is 10.3 Å². The molecule has 90 valence electrons. The zero-order valence-electron chi connectivity index (χ0n) is 9.56. The summed E-state index contributed by atoms with van der Waals surface area (Å²) in [6.07, 6.45) is 0. The van der Waals surface area contributed by atoms with Crippen LogP contribution in [0.25, 0.3) is 11.1 Å². The van der Waals surface area contributed by atoms with Crippen LogP contribution in [0.4, 0.5) is 6.01 Å². The Balaban J connectivity index is 1.79. The van der Waals surface area contributed by atoms with Crippen LogP contribution >= 0.6 is 11.6 Å². The lowest BCUT2D eigenvalue weighted by atomic mass is 10.2. The lowest BCUT2D eigenvalue weighted by molar-refractivity contribution is 0.614. The number of hydrogen-bond donors (Lipinski definition) is 1. The van der Waals surface area contributed by atoms with Crippen LogP contribution in [0.3, 0.4) is 0 Å². The second-order valence-electron chi connectivity index (χ2n) is 3.93. The number of nitrogens with zero attached hydrogens (tertiary/aromatic N) is 1. The van der Waals surface area contributed by atoms with Gasteiger partial charge < -0.3 is 9.73 Å². The molecule has 0 aliphatic rings. The van der Waals surface area contributed by atoms with Gasteiger partial charge in [-0.25, -0.2) is 0 Å². The molecule has 0 saturated carbocycles. The molecule has 0 unspecified atom stereocenters. The van der Waals surface area contributed by atoms with E-state index in [9.17, 15) is 0 Å².